The van der Waals surface area contributed by atoms with Crippen LogP contribution in [0.2, 0.25) is 0 Å². The van der Waals surface area contributed by atoms with E-state index in [0.29, 0.717) is 40.2 Å². The molecule has 2 amide bonds. The maximum atomic E-state index is 15.1. The number of rotatable bonds is 13. The van der Waals surface area contributed by atoms with E-state index in [1.165, 1.54) is 101 Å². The van der Waals surface area contributed by atoms with Crippen LogP contribution in [0.15, 0.2) is 84.8 Å². The van der Waals surface area contributed by atoms with Crippen LogP contribution in [0.3, 0.4) is 0 Å². The van der Waals surface area contributed by atoms with Crippen LogP contribution in [0.5, 0.6) is 5.88 Å². The van der Waals surface area contributed by atoms with Gasteiger partial charge in [-0.3, -0.25) is 24.4 Å². The summed E-state index contributed by atoms with van der Waals surface area (Å²) in [6, 6.07) is 8.54. The number of aliphatic imine (C=N–C) groups is 2. The zero-order valence-electron chi connectivity index (χ0n) is 47.4. The number of nitrogens with two attached hydrogens (primary N) is 2. The van der Waals surface area contributed by atoms with E-state index in [1.54, 1.807) is 62.0 Å². The quantitative estimate of drug-likeness (QED) is 0.0587. The van der Waals surface area contributed by atoms with Crippen LogP contribution in [0, 0.1) is 37.3 Å². The third-order valence-electron chi connectivity index (χ3n) is 13.0. The van der Waals surface area contributed by atoms with Crippen LogP contribution in [-0.4, -0.2) is 121 Å². The van der Waals surface area contributed by atoms with E-state index >= 15 is 8.78 Å². The van der Waals surface area contributed by atoms with Gasteiger partial charge in [-0.25, -0.2) is 37.5 Å². The number of aliphatic hydroxyl groups excluding tert-OH is 1. The maximum Gasteiger partial charge on any atom is 1.00 e. The van der Waals surface area contributed by atoms with Gasteiger partial charge < -0.3 is 51.7 Å². The minimum atomic E-state index is -1.08. The number of halogens is 5. The molecule has 6 heterocycles. The number of aromatic nitrogens is 8. The second-order valence-electron chi connectivity index (χ2n) is 19.1. The van der Waals surface area contributed by atoms with Crippen LogP contribution in [0.25, 0.3) is 23.8 Å². The molecule has 10 rings (SSSR count). The summed E-state index contributed by atoms with van der Waals surface area (Å²) in [5.41, 5.74) is 11.5. The van der Waals surface area contributed by atoms with Crippen molar-refractivity contribution in [2.24, 2.45) is 33.3 Å². The van der Waals surface area contributed by atoms with Crippen LogP contribution in [0.4, 0.5) is 17.6 Å². The molecule has 430 valence electrons. The van der Waals surface area contributed by atoms with E-state index in [4.69, 9.17) is 35.9 Å². The fourth-order valence-electron chi connectivity index (χ4n) is 9.24. The molecule has 6 aromatic rings. The van der Waals surface area contributed by atoms with Crippen molar-refractivity contribution < 1.29 is 200 Å². The molecule has 4 aliphatic rings. The third kappa shape index (κ3) is 16.5. The van der Waals surface area contributed by atoms with Crippen molar-refractivity contribution >= 4 is 91.9 Å². The molecule has 0 spiro atoms. The van der Waals surface area contributed by atoms with Gasteiger partial charge in [0.05, 0.1) is 35.9 Å². The van der Waals surface area contributed by atoms with E-state index in [1.807, 2.05) is 0 Å². The topological polar surface area (TPSA) is 326 Å². The maximum absolute atomic E-state index is 15.1. The smallest absolute Gasteiger partial charge is 1.00 e. The van der Waals surface area contributed by atoms with Crippen molar-refractivity contribution in [2.75, 3.05) is 28.2 Å². The van der Waals surface area contributed by atoms with Gasteiger partial charge in [0.1, 0.15) is 43.7 Å². The van der Waals surface area contributed by atoms with Crippen molar-refractivity contribution in [1.29, 1.82) is 0 Å². The van der Waals surface area contributed by atoms with Crippen molar-refractivity contribution in [3.05, 3.63) is 134 Å². The van der Waals surface area contributed by atoms with Gasteiger partial charge in [0.2, 0.25) is 17.7 Å². The van der Waals surface area contributed by atoms with Gasteiger partial charge in [0.15, 0.2) is 40.2 Å². The number of benzene rings is 2. The number of ether oxygens (including phenoxy) is 1. The number of carbonyl (C=O) groups excluding carboxylic acids is 3. The zero-order chi connectivity index (χ0) is 59.2. The number of aryl methyl sites for hydroxylation is 2. The summed E-state index contributed by atoms with van der Waals surface area (Å²) in [5.74, 6) is -1.17. The Kier molecular flexibility index (Phi) is 25.3. The number of amides is 2. The second kappa shape index (κ2) is 29.9. The Balaban J connectivity index is 0.000000295. The van der Waals surface area contributed by atoms with Gasteiger partial charge in [-0.1, -0.05) is 46.0 Å². The van der Waals surface area contributed by atoms with Crippen molar-refractivity contribution in [3.8, 4) is 5.88 Å². The van der Waals surface area contributed by atoms with Crippen molar-refractivity contribution in [2.45, 2.75) is 74.3 Å². The Morgan fingerprint density at radius 3 is 1.55 bits per heavy atom. The molecule has 0 radical (unpaired) electrons. The summed E-state index contributed by atoms with van der Waals surface area (Å²) in [6.07, 6.45) is 8.74. The number of hydrogen-bond donors (Lipinski definition) is 3. The molecule has 0 unspecified atom stereocenters. The number of hydrogen-bond acceptors (Lipinski definition) is 23. The summed E-state index contributed by atoms with van der Waals surface area (Å²) in [7, 11) is 6.73. The van der Waals surface area contributed by atoms with Crippen LogP contribution < -0.4 is 159 Å². The summed E-state index contributed by atoms with van der Waals surface area (Å²) in [4.78, 5) is 72.9. The van der Waals surface area contributed by atoms with Gasteiger partial charge in [-0.05, 0) is 104 Å². The van der Waals surface area contributed by atoms with Gasteiger partial charge in [0, 0.05) is 51.2 Å². The van der Waals surface area contributed by atoms with E-state index in [0.717, 1.165) is 0 Å². The Morgan fingerprint density at radius 1 is 0.771 bits per heavy atom. The van der Waals surface area contributed by atoms with Gasteiger partial charge >= 0.3 is 138 Å². The average molecular weight is 1490 g/mol. The number of thioether (sulfide) groups is 2. The molecule has 2 aliphatic carbocycles. The molecule has 2 fully saturated rings. The summed E-state index contributed by atoms with van der Waals surface area (Å²) in [6.45, 7) is 6.55. The minimum absolute atomic E-state index is 0. The second-order valence-corrected chi connectivity index (χ2v) is 22.6. The molecular formula is C51H53BrCs2F4N14O9S2. The number of amidine groups is 2. The molecule has 2 aromatic carbocycles. The standard InChI is InChI=1S/C25H25F2N7O3S.C21H20BrF2N5OS.C4H6N2O2.CH2O3.2Cs.H/c1-13-31-21(37-33-13)12-36-20-11-29-18(10-30-20)17(27)8-14-5-6-16(26)15(7-14)24(2)19-9-25(19,22(35)34(3)4)38-23(28)32-24;1-20(16-8-21(16,18(30)29(2)3)31-19(25)28-20)12-6-11(4-5-13(12)23)7-14(24)15-9-27-17(22)10-26-15;1-3-5-4(2-7)8-6-3;2-1-4-3;;;/h5-8,10-11,19H,9,12H2,1-4H3,(H2,28,32);4-7,9-10,16H,8H2,1-3H3,(H2,25,28);7H,2H2,1H3;1,3H;;;/q;;;;2*+1;-1/p-1/b17-8-;14-7-;;;;;/t19-,24+,25-;16-,20+,21-;;;;;/m00...../s1. The Morgan fingerprint density at radius 2 is 1.20 bits per heavy atom. The first kappa shape index (κ1) is 70.2. The average Bonchev–Trinajstić information content (AvgIpc) is 1.55. The molecule has 2 aliphatic heterocycles. The number of nitrogens with zero attached hydrogens (tertiary/aromatic N) is 12. The van der Waals surface area contributed by atoms with Crippen molar-refractivity contribution in [3.63, 3.8) is 0 Å². The monoisotopic (exact) mass is 1490 g/mol. The Labute approximate surface area is 609 Å². The molecule has 23 nitrogen and oxygen atoms in total. The summed E-state index contributed by atoms with van der Waals surface area (Å²) < 4.78 is 73.7. The number of fused-ring (bicyclic) bond motifs is 2. The predicted octanol–water partition coefficient (Wildman–Crippen LogP) is -0.128. The Hall–Kier alpha value is -3.57. The molecule has 32 heteroatoms. The van der Waals surface area contributed by atoms with Crippen LogP contribution in [-0.2, 0) is 43.6 Å². The van der Waals surface area contributed by atoms with E-state index < -0.39 is 43.9 Å². The fourth-order valence-corrected chi connectivity index (χ4v) is 12.4. The van der Waals surface area contributed by atoms with E-state index in [2.05, 4.69) is 75.5 Å². The summed E-state index contributed by atoms with van der Waals surface area (Å²) in [5, 5.41) is 24.3. The molecule has 4 aromatic heterocycles. The molecule has 5 N–H and O–H groups in total. The predicted molar refractivity (Wildman–Crippen MR) is 291 cm³/mol. The van der Waals surface area contributed by atoms with Crippen LogP contribution >= 0.6 is 39.5 Å². The molecule has 83 heavy (non-hydrogen) atoms. The molecule has 0 saturated heterocycles. The normalized spacial score (nSPS) is 22.6. The third-order valence-corrected chi connectivity index (χ3v) is 16.0. The number of aliphatic hydroxyl groups is 1. The van der Waals surface area contributed by atoms with Crippen LogP contribution in [0.1, 0.15) is 85.2 Å². The molecule has 6 atom stereocenters. The first-order valence-electron chi connectivity index (χ1n) is 24.0. The van der Waals surface area contributed by atoms with Gasteiger partial charge in [0.25, 0.3) is 18.3 Å². The fraction of sp³-hybridized carbons (Fsp3) is 0.353. The first-order valence-corrected chi connectivity index (χ1v) is 26.5. The molecular weight excluding hydrogens is 1440 g/mol. The number of carbonyl (C=O) groups is 3. The van der Waals surface area contributed by atoms with Gasteiger partial charge in [-0.15, -0.1) is 0 Å². The Bertz CT molecular complexity index is 3450. The van der Waals surface area contributed by atoms with Crippen molar-refractivity contribution in [1.82, 2.24) is 50.0 Å². The molecule has 2 saturated carbocycles. The summed E-state index contributed by atoms with van der Waals surface area (Å²) >= 11 is 5.62. The van der Waals surface area contributed by atoms with Gasteiger partial charge in [-0.2, -0.15) is 9.97 Å². The zero-order valence-corrected chi connectivity index (χ0v) is 62.2. The molecule has 0 bridgehead atoms. The first-order chi connectivity index (χ1) is 38.3. The SMILES string of the molecule is CN(C)C(=O)[C@]12C[C@H]1[C@@](C)(c1cc(/C=C(\F)c3cnc(Br)cn3)ccc1F)N=C(N)S2.Cc1noc(CO)n1.Cc1noc(COc2cnc(/C(F)=C/c3ccc(F)c([C@@]4(C)N=C(N)S[C@@]5(C(=O)N(C)C)C[C@H]54)c3)cn2)n1.O=CO[O-].[Cs+].[Cs+].[H-]. The minimum Gasteiger partial charge on any atom is -1.00 e. The van der Waals surface area contributed by atoms with E-state index in [9.17, 15) is 18.4 Å². The largest absolute Gasteiger partial charge is 1.00 e. The van der Waals surface area contributed by atoms with E-state index in [-0.39, 0.29) is 233 Å².